The van der Waals surface area contributed by atoms with Gasteiger partial charge in [0.2, 0.25) is 5.89 Å². The summed E-state index contributed by atoms with van der Waals surface area (Å²) in [6.07, 6.45) is -5.44. The van der Waals surface area contributed by atoms with Crippen LogP contribution >= 0.6 is 23.4 Å². The molecule has 9 heteroatoms. The second kappa shape index (κ2) is 7.69. The Balaban J connectivity index is 1.62. The molecule has 1 N–H and O–H groups in total. The summed E-state index contributed by atoms with van der Waals surface area (Å²) in [5, 5.41) is 18.6. The van der Waals surface area contributed by atoms with Gasteiger partial charge in [-0.25, -0.2) is 0 Å². The molecule has 3 rings (SSSR count). The highest BCUT2D eigenvalue weighted by Gasteiger charge is 2.29. The maximum atomic E-state index is 12.5. The Morgan fingerprint density at radius 1 is 1.04 bits per heavy atom. The van der Waals surface area contributed by atoms with Crippen LogP contribution in [0.5, 0.6) is 0 Å². The van der Waals surface area contributed by atoms with Crippen molar-refractivity contribution in [2.24, 2.45) is 0 Å². The van der Waals surface area contributed by atoms with Crippen molar-refractivity contribution in [3.63, 3.8) is 0 Å². The molecule has 0 unspecified atom stereocenters. The molecule has 26 heavy (non-hydrogen) atoms. The van der Waals surface area contributed by atoms with Crippen LogP contribution in [0.1, 0.15) is 28.7 Å². The molecular weight excluding hydrogens is 389 g/mol. The first kappa shape index (κ1) is 18.8. The molecule has 0 aliphatic carbocycles. The maximum absolute atomic E-state index is 12.5. The number of thioether (sulfide) groups is 1. The van der Waals surface area contributed by atoms with E-state index in [9.17, 15) is 18.3 Å². The number of aromatic nitrogens is 2. The second-order valence-electron chi connectivity index (χ2n) is 5.34. The van der Waals surface area contributed by atoms with Crippen molar-refractivity contribution >= 4 is 23.4 Å². The van der Waals surface area contributed by atoms with Gasteiger partial charge in [-0.05, 0) is 35.4 Å². The summed E-state index contributed by atoms with van der Waals surface area (Å²) in [4.78, 5) is 0. The molecule has 0 bridgehead atoms. The molecule has 136 valence electrons. The zero-order valence-electron chi connectivity index (χ0n) is 13.1. The van der Waals surface area contributed by atoms with E-state index in [1.54, 1.807) is 24.3 Å². The van der Waals surface area contributed by atoms with Gasteiger partial charge in [0, 0.05) is 10.8 Å². The van der Waals surface area contributed by atoms with E-state index in [0.29, 0.717) is 21.9 Å². The average Bonchev–Trinajstić information content (AvgIpc) is 3.08. The predicted molar refractivity (Wildman–Crippen MR) is 90.8 cm³/mol. The maximum Gasteiger partial charge on any atom is 0.416 e. The number of hydrogen-bond acceptors (Lipinski definition) is 5. The molecule has 2 aromatic carbocycles. The Kier molecular flexibility index (Phi) is 5.55. The Bertz CT molecular complexity index is 867. The highest BCUT2D eigenvalue weighted by molar-refractivity contribution is 7.98. The van der Waals surface area contributed by atoms with Crippen LogP contribution in [0.4, 0.5) is 13.2 Å². The topological polar surface area (TPSA) is 59.2 Å². The zero-order valence-corrected chi connectivity index (χ0v) is 14.6. The lowest BCUT2D eigenvalue weighted by atomic mass is 10.1. The van der Waals surface area contributed by atoms with Crippen LogP contribution < -0.4 is 0 Å². The third kappa shape index (κ3) is 4.57. The van der Waals surface area contributed by atoms with E-state index in [1.807, 2.05) is 0 Å². The Labute approximate surface area is 156 Å². The minimum atomic E-state index is -4.36. The first-order valence-corrected chi connectivity index (χ1v) is 8.75. The van der Waals surface area contributed by atoms with Crippen LogP contribution in [0, 0.1) is 0 Å². The van der Waals surface area contributed by atoms with Gasteiger partial charge < -0.3 is 9.52 Å². The van der Waals surface area contributed by atoms with E-state index >= 15 is 0 Å². The fourth-order valence-corrected chi connectivity index (χ4v) is 2.96. The molecule has 3 aromatic rings. The van der Waals surface area contributed by atoms with E-state index in [0.717, 1.165) is 12.1 Å². The van der Waals surface area contributed by atoms with Gasteiger partial charge in [-0.3, -0.25) is 0 Å². The number of hydrogen-bond donors (Lipinski definition) is 1. The lowest BCUT2D eigenvalue weighted by molar-refractivity contribution is -0.137. The van der Waals surface area contributed by atoms with E-state index in [2.05, 4.69) is 10.2 Å². The number of aliphatic hydroxyl groups is 1. The Morgan fingerprint density at radius 2 is 1.69 bits per heavy atom. The van der Waals surface area contributed by atoms with Gasteiger partial charge in [0.15, 0.2) is 6.10 Å². The van der Waals surface area contributed by atoms with Crippen molar-refractivity contribution in [1.82, 2.24) is 10.2 Å². The highest BCUT2D eigenvalue weighted by atomic mass is 35.5. The summed E-state index contributed by atoms with van der Waals surface area (Å²) in [6, 6.07) is 11.4. The SMILES string of the molecule is O[C@H](c1ccc(Cl)cc1)c1nnc(SCc2ccc(C(F)(F)F)cc2)o1. The summed E-state index contributed by atoms with van der Waals surface area (Å²) in [7, 11) is 0. The molecule has 0 fully saturated rings. The van der Waals surface area contributed by atoms with Gasteiger partial charge in [-0.15, -0.1) is 10.2 Å². The van der Waals surface area contributed by atoms with Crippen molar-refractivity contribution in [3.05, 3.63) is 76.1 Å². The number of aliphatic hydroxyl groups excluding tert-OH is 1. The summed E-state index contributed by atoms with van der Waals surface area (Å²) in [6.45, 7) is 0. The summed E-state index contributed by atoms with van der Waals surface area (Å²) in [5.41, 5.74) is 0.538. The molecule has 0 saturated heterocycles. The molecule has 0 radical (unpaired) electrons. The molecule has 0 spiro atoms. The lowest BCUT2D eigenvalue weighted by Gasteiger charge is -2.07. The van der Waals surface area contributed by atoms with Crippen LogP contribution in [0.3, 0.4) is 0 Å². The molecule has 0 aliphatic heterocycles. The Morgan fingerprint density at radius 3 is 2.31 bits per heavy atom. The van der Waals surface area contributed by atoms with Crippen molar-refractivity contribution in [2.75, 3.05) is 0 Å². The summed E-state index contributed by atoms with van der Waals surface area (Å²) < 4.78 is 43.0. The third-order valence-electron chi connectivity index (χ3n) is 3.49. The van der Waals surface area contributed by atoms with Crippen LogP contribution in [0.25, 0.3) is 0 Å². The van der Waals surface area contributed by atoms with Gasteiger partial charge in [0.25, 0.3) is 5.22 Å². The number of nitrogens with zero attached hydrogens (tertiary/aromatic N) is 2. The predicted octanol–water partition coefficient (Wildman–Crippen LogP) is 5.12. The molecule has 0 aliphatic rings. The third-order valence-corrected chi connectivity index (χ3v) is 4.63. The summed E-state index contributed by atoms with van der Waals surface area (Å²) in [5.74, 6) is 0.388. The van der Waals surface area contributed by atoms with Crippen LogP contribution in [-0.2, 0) is 11.9 Å². The van der Waals surface area contributed by atoms with Crippen molar-refractivity contribution in [3.8, 4) is 0 Å². The second-order valence-corrected chi connectivity index (χ2v) is 6.71. The van der Waals surface area contributed by atoms with Gasteiger partial charge in [-0.1, -0.05) is 47.6 Å². The normalized spacial score (nSPS) is 13.0. The van der Waals surface area contributed by atoms with Crippen LogP contribution in [0.15, 0.2) is 58.2 Å². The van der Waals surface area contributed by atoms with Gasteiger partial charge in [-0.2, -0.15) is 13.2 Å². The van der Waals surface area contributed by atoms with Gasteiger partial charge >= 0.3 is 6.18 Å². The zero-order chi connectivity index (χ0) is 18.7. The number of alkyl halides is 3. The summed E-state index contributed by atoms with van der Waals surface area (Å²) >= 11 is 6.97. The first-order chi connectivity index (χ1) is 12.3. The molecule has 0 amide bonds. The van der Waals surface area contributed by atoms with E-state index < -0.39 is 17.8 Å². The van der Waals surface area contributed by atoms with Crippen LogP contribution in [-0.4, -0.2) is 15.3 Å². The molecule has 1 atom stereocenters. The standard InChI is InChI=1S/C17H12ClF3N2O2S/c18-13-7-3-11(4-8-13)14(24)15-22-23-16(25-15)26-9-10-1-5-12(6-2-10)17(19,20)21/h1-8,14,24H,9H2/t14-/m1/s1. The van der Waals surface area contributed by atoms with Gasteiger partial charge in [0.1, 0.15) is 0 Å². The minimum Gasteiger partial charge on any atom is -0.413 e. The van der Waals surface area contributed by atoms with E-state index in [4.69, 9.17) is 16.0 Å². The number of benzene rings is 2. The fourth-order valence-electron chi connectivity index (χ4n) is 2.11. The molecule has 1 aromatic heterocycles. The molecular formula is C17H12ClF3N2O2S. The van der Waals surface area contributed by atoms with E-state index in [-0.39, 0.29) is 11.1 Å². The molecule has 4 nitrogen and oxygen atoms in total. The lowest BCUT2D eigenvalue weighted by Crippen LogP contribution is -2.04. The first-order valence-electron chi connectivity index (χ1n) is 7.39. The molecule has 1 heterocycles. The monoisotopic (exact) mass is 400 g/mol. The minimum absolute atomic E-state index is 0.0299. The number of rotatable bonds is 5. The van der Waals surface area contributed by atoms with Crippen molar-refractivity contribution in [2.45, 2.75) is 23.3 Å². The molecule has 0 saturated carbocycles. The fraction of sp³-hybridized carbons (Fsp3) is 0.176. The van der Waals surface area contributed by atoms with Crippen molar-refractivity contribution < 1.29 is 22.7 Å². The smallest absolute Gasteiger partial charge is 0.413 e. The van der Waals surface area contributed by atoms with Crippen molar-refractivity contribution in [1.29, 1.82) is 0 Å². The highest BCUT2D eigenvalue weighted by Crippen LogP contribution is 2.31. The quantitative estimate of drug-likeness (QED) is 0.603. The Hall–Kier alpha value is -2.03. The van der Waals surface area contributed by atoms with Crippen LogP contribution in [0.2, 0.25) is 5.02 Å². The van der Waals surface area contributed by atoms with E-state index in [1.165, 1.54) is 23.9 Å². The average molecular weight is 401 g/mol. The van der Waals surface area contributed by atoms with Gasteiger partial charge in [0.05, 0.1) is 5.56 Å². The largest absolute Gasteiger partial charge is 0.416 e. The number of halogens is 4.